The second-order valence-electron chi connectivity index (χ2n) is 2.84. The molecule has 0 bridgehead atoms. The van der Waals surface area contributed by atoms with Crippen molar-refractivity contribution >= 4 is 0 Å². The molecule has 3 nitrogen and oxygen atoms in total. The van der Waals surface area contributed by atoms with Gasteiger partial charge in [-0.2, -0.15) is 0 Å². The number of rotatable bonds is 2. The van der Waals surface area contributed by atoms with Gasteiger partial charge in [0.2, 0.25) is 5.88 Å². The number of nitrogens with zero attached hydrogens (tertiary/aromatic N) is 1. The predicted octanol–water partition coefficient (Wildman–Crippen LogP) is 0.551. The second-order valence-corrected chi connectivity index (χ2v) is 2.84. The van der Waals surface area contributed by atoms with E-state index in [1.54, 1.807) is 0 Å². The molecule has 1 aromatic rings. The first-order chi connectivity index (χ1) is 5.90. The van der Waals surface area contributed by atoms with E-state index in [-0.39, 0.29) is 6.61 Å². The maximum atomic E-state index is 8.69. The van der Waals surface area contributed by atoms with Crippen LogP contribution >= 0.6 is 0 Å². The van der Waals surface area contributed by atoms with E-state index >= 15 is 0 Å². The molecular weight excluding hydrogens is 154 g/mol. The number of aliphatic hydroxyl groups is 1. The highest BCUT2D eigenvalue weighted by atomic mass is 16.5. The summed E-state index contributed by atoms with van der Waals surface area (Å²) >= 11 is 0. The molecule has 0 saturated carbocycles. The zero-order valence-corrected chi connectivity index (χ0v) is 6.79. The van der Waals surface area contributed by atoms with Crippen molar-refractivity contribution in [1.29, 1.82) is 0 Å². The maximum Gasteiger partial charge on any atom is 0.216 e. The van der Waals surface area contributed by atoms with Crippen molar-refractivity contribution in [3.63, 3.8) is 0 Å². The molecule has 1 aromatic heterocycles. The standard InChI is InChI=1S/C9H11NO2/c11-5-3-8-2-1-7-4-6-12-9(7)10-8/h1-2,11H,3-6H2. The number of aromatic nitrogens is 1. The van der Waals surface area contributed by atoms with Crippen LogP contribution in [0.1, 0.15) is 11.3 Å². The molecule has 0 aliphatic carbocycles. The molecule has 0 fully saturated rings. The van der Waals surface area contributed by atoms with Gasteiger partial charge in [0.05, 0.1) is 6.61 Å². The third-order valence-electron chi connectivity index (χ3n) is 1.97. The molecule has 2 rings (SSSR count). The smallest absolute Gasteiger partial charge is 0.216 e. The van der Waals surface area contributed by atoms with E-state index in [4.69, 9.17) is 9.84 Å². The zero-order valence-electron chi connectivity index (χ0n) is 6.79. The van der Waals surface area contributed by atoms with E-state index < -0.39 is 0 Å². The van der Waals surface area contributed by atoms with Gasteiger partial charge in [0.25, 0.3) is 0 Å². The van der Waals surface area contributed by atoms with Gasteiger partial charge >= 0.3 is 0 Å². The fourth-order valence-corrected chi connectivity index (χ4v) is 1.33. The average molecular weight is 165 g/mol. The van der Waals surface area contributed by atoms with Crippen LogP contribution in [-0.4, -0.2) is 23.3 Å². The molecule has 0 saturated heterocycles. The van der Waals surface area contributed by atoms with Crippen molar-refractivity contribution in [2.45, 2.75) is 12.8 Å². The summed E-state index contributed by atoms with van der Waals surface area (Å²) in [5, 5.41) is 8.69. The summed E-state index contributed by atoms with van der Waals surface area (Å²) in [7, 11) is 0. The van der Waals surface area contributed by atoms with Gasteiger partial charge in [0, 0.05) is 30.7 Å². The van der Waals surface area contributed by atoms with E-state index in [9.17, 15) is 0 Å². The molecule has 12 heavy (non-hydrogen) atoms. The zero-order chi connectivity index (χ0) is 8.39. The van der Waals surface area contributed by atoms with Crippen molar-refractivity contribution in [2.24, 2.45) is 0 Å². The van der Waals surface area contributed by atoms with Crippen LogP contribution in [0.5, 0.6) is 5.88 Å². The molecule has 0 spiro atoms. The van der Waals surface area contributed by atoms with Crippen LogP contribution in [0, 0.1) is 0 Å². The van der Waals surface area contributed by atoms with Gasteiger partial charge in [-0.15, -0.1) is 0 Å². The molecule has 0 aromatic carbocycles. The Morgan fingerprint density at radius 2 is 2.42 bits per heavy atom. The number of hydrogen-bond donors (Lipinski definition) is 1. The van der Waals surface area contributed by atoms with Gasteiger partial charge in [-0.3, -0.25) is 0 Å². The molecular formula is C9H11NO2. The molecule has 64 valence electrons. The molecule has 0 atom stereocenters. The lowest BCUT2D eigenvalue weighted by atomic mass is 10.2. The fraction of sp³-hybridized carbons (Fsp3) is 0.444. The Hall–Kier alpha value is -1.09. The molecule has 1 aliphatic heterocycles. The topological polar surface area (TPSA) is 42.4 Å². The van der Waals surface area contributed by atoms with Gasteiger partial charge in [-0.05, 0) is 6.07 Å². The highest BCUT2D eigenvalue weighted by Crippen LogP contribution is 2.22. The Morgan fingerprint density at radius 1 is 1.50 bits per heavy atom. The Kier molecular flexibility index (Phi) is 1.96. The van der Waals surface area contributed by atoms with Gasteiger partial charge in [-0.25, -0.2) is 4.98 Å². The highest BCUT2D eigenvalue weighted by Gasteiger charge is 2.13. The highest BCUT2D eigenvalue weighted by molar-refractivity contribution is 5.31. The van der Waals surface area contributed by atoms with Crippen LogP contribution in [0.15, 0.2) is 12.1 Å². The Labute approximate surface area is 71.0 Å². The summed E-state index contributed by atoms with van der Waals surface area (Å²) in [6.45, 7) is 0.886. The summed E-state index contributed by atoms with van der Waals surface area (Å²) in [5.41, 5.74) is 2.08. The third kappa shape index (κ3) is 1.28. The lowest BCUT2D eigenvalue weighted by molar-refractivity contribution is 0.297. The van der Waals surface area contributed by atoms with E-state index in [0.717, 1.165) is 24.6 Å². The number of aliphatic hydroxyl groups excluding tert-OH is 1. The van der Waals surface area contributed by atoms with Crippen molar-refractivity contribution in [3.8, 4) is 5.88 Å². The van der Waals surface area contributed by atoms with Crippen molar-refractivity contribution in [1.82, 2.24) is 4.98 Å². The summed E-state index contributed by atoms with van der Waals surface area (Å²) in [6.07, 6.45) is 1.57. The molecule has 3 heteroatoms. The average Bonchev–Trinajstić information content (AvgIpc) is 2.51. The second kappa shape index (κ2) is 3.11. The monoisotopic (exact) mass is 165 g/mol. The van der Waals surface area contributed by atoms with Crippen LogP contribution < -0.4 is 4.74 Å². The first-order valence-corrected chi connectivity index (χ1v) is 4.12. The Morgan fingerprint density at radius 3 is 3.25 bits per heavy atom. The number of hydrogen-bond acceptors (Lipinski definition) is 3. The van der Waals surface area contributed by atoms with E-state index in [1.807, 2.05) is 12.1 Å². The predicted molar refractivity (Wildman–Crippen MR) is 44.2 cm³/mol. The van der Waals surface area contributed by atoms with Gasteiger partial charge < -0.3 is 9.84 Å². The molecule has 0 unspecified atom stereocenters. The molecule has 1 aliphatic rings. The van der Waals surface area contributed by atoms with Crippen molar-refractivity contribution in [2.75, 3.05) is 13.2 Å². The van der Waals surface area contributed by atoms with Crippen LogP contribution in [0.3, 0.4) is 0 Å². The van der Waals surface area contributed by atoms with Crippen LogP contribution in [0.25, 0.3) is 0 Å². The lowest BCUT2D eigenvalue weighted by Gasteiger charge is -2.00. The van der Waals surface area contributed by atoms with Crippen LogP contribution in [-0.2, 0) is 12.8 Å². The molecule has 2 heterocycles. The minimum atomic E-state index is 0.145. The molecule has 0 radical (unpaired) electrons. The summed E-state index contributed by atoms with van der Waals surface area (Å²) in [6, 6.07) is 3.98. The van der Waals surface area contributed by atoms with Crippen LogP contribution in [0.4, 0.5) is 0 Å². The Balaban J connectivity index is 2.26. The molecule has 0 amide bonds. The molecule has 1 N–H and O–H groups in total. The van der Waals surface area contributed by atoms with E-state index in [0.29, 0.717) is 6.42 Å². The van der Waals surface area contributed by atoms with Crippen LogP contribution in [0.2, 0.25) is 0 Å². The lowest BCUT2D eigenvalue weighted by Crippen LogP contribution is -1.96. The number of pyridine rings is 1. The summed E-state index contributed by atoms with van der Waals surface area (Å²) in [5.74, 6) is 0.751. The van der Waals surface area contributed by atoms with E-state index in [1.165, 1.54) is 5.56 Å². The van der Waals surface area contributed by atoms with Gasteiger partial charge in [0.1, 0.15) is 0 Å². The largest absolute Gasteiger partial charge is 0.477 e. The van der Waals surface area contributed by atoms with E-state index in [2.05, 4.69) is 4.98 Å². The first kappa shape index (κ1) is 7.55. The number of fused-ring (bicyclic) bond motifs is 1. The summed E-state index contributed by atoms with van der Waals surface area (Å²) in [4.78, 5) is 4.26. The summed E-state index contributed by atoms with van der Waals surface area (Å²) < 4.78 is 5.29. The van der Waals surface area contributed by atoms with Gasteiger partial charge in [0.15, 0.2) is 0 Å². The first-order valence-electron chi connectivity index (χ1n) is 4.12. The SMILES string of the molecule is OCCc1ccc2c(n1)OCC2. The normalized spacial score (nSPS) is 14.1. The minimum absolute atomic E-state index is 0.145. The fourth-order valence-electron chi connectivity index (χ4n) is 1.33. The van der Waals surface area contributed by atoms with Crippen molar-refractivity contribution < 1.29 is 9.84 Å². The maximum absolute atomic E-state index is 8.69. The Bertz CT molecular complexity index is 286. The quantitative estimate of drug-likeness (QED) is 0.696. The van der Waals surface area contributed by atoms with Gasteiger partial charge in [-0.1, -0.05) is 6.07 Å². The number of ether oxygens (including phenoxy) is 1. The minimum Gasteiger partial charge on any atom is -0.477 e. The third-order valence-corrected chi connectivity index (χ3v) is 1.97. The van der Waals surface area contributed by atoms with Crippen molar-refractivity contribution in [3.05, 3.63) is 23.4 Å².